The molecule has 3 rings (SSSR count). The highest BCUT2D eigenvalue weighted by molar-refractivity contribution is 6.35. The van der Waals surface area contributed by atoms with Crippen molar-refractivity contribution in [1.82, 2.24) is 4.90 Å². The number of piperidine rings is 1. The number of anilines is 1. The second-order valence-electron chi connectivity index (χ2n) is 7.08. The van der Waals surface area contributed by atoms with Crippen molar-refractivity contribution in [3.8, 4) is 0 Å². The number of nitrogens with one attached hydrogen (secondary N) is 1. The highest BCUT2D eigenvalue weighted by atomic mass is 35.5. The summed E-state index contributed by atoms with van der Waals surface area (Å²) in [6.45, 7) is 6.42. The van der Waals surface area contributed by atoms with Gasteiger partial charge in [-0.05, 0) is 57.0 Å². The molecule has 1 unspecified atom stereocenters. The molecule has 2 aromatic carbocycles. The lowest BCUT2D eigenvalue weighted by Gasteiger charge is -2.32. The van der Waals surface area contributed by atoms with Crippen LogP contribution in [-0.4, -0.2) is 23.9 Å². The number of halogens is 2. The molecule has 0 spiro atoms. The number of nitrogens with zero attached hydrogens (tertiary/aromatic N) is 1. The quantitative estimate of drug-likeness (QED) is 0.751. The summed E-state index contributed by atoms with van der Waals surface area (Å²) in [5.41, 5.74) is 4.12. The third-order valence-corrected chi connectivity index (χ3v) is 5.67. The van der Waals surface area contributed by atoms with E-state index in [1.165, 1.54) is 5.56 Å². The molecule has 1 aliphatic heterocycles. The number of hydrogen-bond acceptors (Lipinski definition) is 2. The van der Waals surface area contributed by atoms with Crippen LogP contribution in [0, 0.1) is 19.8 Å². The van der Waals surface area contributed by atoms with Gasteiger partial charge in [0.2, 0.25) is 5.91 Å². The molecule has 0 aliphatic carbocycles. The fourth-order valence-electron chi connectivity index (χ4n) is 3.51. The van der Waals surface area contributed by atoms with Crippen LogP contribution in [-0.2, 0) is 11.3 Å². The fourth-order valence-corrected chi connectivity index (χ4v) is 4.03. The van der Waals surface area contributed by atoms with Crippen LogP contribution in [0.4, 0.5) is 5.69 Å². The van der Waals surface area contributed by atoms with E-state index in [9.17, 15) is 4.79 Å². The first-order chi connectivity index (χ1) is 12.4. The van der Waals surface area contributed by atoms with E-state index >= 15 is 0 Å². The third kappa shape index (κ3) is 4.59. The molecule has 0 bridgehead atoms. The maximum absolute atomic E-state index is 12.7. The molecule has 1 amide bonds. The average molecular weight is 391 g/mol. The van der Waals surface area contributed by atoms with Gasteiger partial charge in [-0.1, -0.05) is 47.0 Å². The lowest BCUT2D eigenvalue weighted by atomic mass is 9.96. The molecule has 138 valence electrons. The lowest BCUT2D eigenvalue weighted by Crippen LogP contribution is -2.40. The zero-order chi connectivity index (χ0) is 18.7. The van der Waals surface area contributed by atoms with Crippen molar-refractivity contribution < 1.29 is 4.79 Å². The van der Waals surface area contributed by atoms with Gasteiger partial charge in [0, 0.05) is 34.4 Å². The summed E-state index contributed by atoms with van der Waals surface area (Å²) in [6.07, 6.45) is 1.90. The normalized spacial score (nSPS) is 17.9. The summed E-state index contributed by atoms with van der Waals surface area (Å²) in [7, 11) is 0. The molecule has 5 heteroatoms. The van der Waals surface area contributed by atoms with E-state index in [0.717, 1.165) is 42.7 Å². The Labute approximate surface area is 165 Å². The summed E-state index contributed by atoms with van der Waals surface area (Å²) in [5, 5.41) is 4.46. The molecule has 1 N–H and O–H groups in total. The SMILES string of the molecule is Cc1ccc(NC(=O)C2CCCN(Cc3c(Cl)cccc3Cl)C2)c(C)c1. The van der Waals surface area contributed by atoms with Gasteiger partial charge in [-0.3, -0.25) is 9.69 Å². The van der Waals surface area contributed by atoms with Gasteiger partial charge in [-0.15, -0.1) is 0 Å². The van der Waals surface area contributed by atoms with E-state index in [-0.39, 0.29) is 11.8 Å². The number of aryl methyl sites for hydroxylation is 2. The molecule has 26 heavy (non-hydrogen) atoms. The van der Waals surface area contributed by atoms with Crippen molar-refractivity contribution in [2.24, 2.45) is 5.92 Å². The Morgan fingerprint density at radius 2 is 1.92 bits per heavy atom. The van der Waals surface area contributed by atoms with E-state index in [4.69, 9.17) is 23.2 Å². The van der Waals surface area contributed by atoms with E-state index in [1.54, 1.807) is 0 Å². The monoisotopic (exact) mass is 390 g/mol. The largest absolute Gasteiger partial charge is 0.326 e. The van der Waals surface area contributed by atoms with Crippen molar-refractivity contribution in [2.75, 3.05) is 18.4 Å². The van der Waals surface area contributed by atoms with Crippen LogP contribution in [0.5, 0.6) is 0 Å². The smallest absolute Gasteiger partial charge is 0.228 e. The minimum absolute atomic E-state index is 0.0225. The molecule has 1 saturated heterocycles. The van der Waals surface area contributed by atoms with Crippen molar-refractivity contribution in [1.29, 1.82) is 0 Å². The standard InChI is InChI=1S/C21H24Cl2N2O/c1-14-8-9-20(15(2)11-14)24-21(26)16-5-4-10-25(12-16)13-17-18(22)6-3-7-19(17)23/h3,6-9,11,16H,4-5,10,12-13H2,1-2H3,(H,24,26). The molecule has 1 atom stereocenters. The average Bonchev–Trinajstić information content (AvgIpc) is 2.61. The van der Waals surface area contributed by atoms with Crippen molar-refractivity contribution in [3.63, 3.8) is 0 Å². The predicted molar refractivity (Wildman–Crippen MR) is 109 cm³/mol. The van der Waals surface area contributed by atoms with Crippen molar-refractivity contribution in [2.45, 2.75) is 33.2 Å². The van der Waals surface area contributed by atoms with Crippen LogP contribution in [0.2, 0.25) is 10.0 Å². The molecule has 3 nitrogen and oxygen atoms in total. The van der Waals surface area contributed by atoms with Gasteiger partial charge in [-0.2, -0.15) is 0 Å². The molecular formula is C21H24Cl2N2O. The van der Waals surface area contributed by atoms with Gasteiger partial charge in [0.1, 0.15) is 0 Å². The topological polar surface area (TPSA) is 32.3 Å². The van der Waals surface area contributed by atoms with Gasteiger partial charge in [-0.25, -0.2) is 0 Å². The predicted octanol–water partition coefficient (Wildman–Crippen LogP) is 5.46. The summed E-state index contributed by atoms with van der Waals surface area (Å²) in [4.78, 5) is 15.0. The Kier molecular flexibility index (Phi) is 6.23. The fraction of sp³-hybridized carbons (Fsp3) is 0.381. The molecule has 2 aromatic rings. The van der Waals surface area contributed by atoms with Gasteiger partial charge >= 0.3 is 0 Å². The number of amides is 1. The van der Waals surface area contributed by atoms with Crippen LogP contribution in [0.25, 0.3) is 0 Å². The zero-order valence-electron chi connectivity index (χ0n) is 15.2. The summed E-state index contributed by atoms with van der Waals surface area (Å²) < 4.78 is 0. The number of rotatable bonds is 4. The van der Waals surface area contributed by atoms with Gasteiger partial charge in [0.15, 0.2) is 0 Å². The van der Waals surface area contributed by atoms with Crippen LogP contribution in [0.3, 0.4) is 0 Å². The van der Waals surface area contributed by atoms with E-state index < -0.39 is 0 Å². The van der Waals surface area contributed by atoms with Gasteiger partial charge in [0.25, 0.3) is 0 Å². The first-order valence-corrected chi connectivity index (χ1v) is 9.73. The Bertz CT molecular complexity index is 786. The first kappa shape index (κ1) is 19.2. The summed E-state index contributed by atoms with van der Waals surface area (Å²) in [5.74, 6) is 0.0672. The van der Waals surface area contributed by atoms with Crippen LogP contribution < -0.4 is 5.32 Å². The van der Waals surface area contributed by atoms with Crippen molar-refractivity contribution in [3.05, 3.63) is 63.1 Å². The minimum atomic E-state index is -0.0225. The highest BCUT2D eigenvalue weighted by Crippen LogP contribution is 2.28. The highest BCUT2D eigenvalue weighted by Gasteiger charge is 2.26. The molecule has 0 radical (unpaired) electrons. The van der Waals surface area contributed by atoms with Crippen molar-refractivity contribution >= 4 is 34.8 Å². The molecule has 1 aliphatic rings. The van der Waals surface area contributed by atoms with Gasteiger partial charge in [0.05, 0.1) is 5.92 Å². The molecule has 1 heterocycles. The van der Waals surface area contributed by atoms with Crippen LogP contribution >= 0.6 is 23.2 Å². The Balaban J connectivity index is 1.65. The molecule has 1 fully saturated rings. The summed E-state index contributed by atoms with van der Waals surface area (Å²) >= 11 is 12.6. The lowest BCUT2D eigenvalue weighted by molar-refractivity contribution is -0.121. The Morgan fingerprint density at radius 3 is 2.62 bits per heavy atom. The molecular weight excluding hydrogens is 367 g/mol. The number of carbonyl (C=O) groups is 1. The second kappa shape index (κ2) is 8.43. The number of carbonyl (C=O) groups excluding carboxylic acids is 1. The molecule has 0 aromatic heterocycles. The number of hydrogen-bond donors (Lipinski definition) is 1. The zero-order valence-corrected chi connectivity index (χ0v) is 16.7. The van der Waals surface area contributed by atoms with Crippen LogP contribution in [0.1, 0.15) is 29.5 Å². The van der Waals surface area contributed by atoms with E-state index in [1.807, 2.05) is 37.3 Å². The van der Waals surface area contributed by atoms with E-state index in [2.05, 4.69) is 23.2 Å². The maximum Gasteiger partial charge on any atom is 0.228 e. The Morgan fingerprint density at radius 1 is 1.19 bits per heavy atom. The first-order valence-electron chi connectivity index (χ1n) is 8.97. The second-order valence-corrected chi connectivity index (χ2v) is 7.90. The summed E-state index contributed by atoms with van der Waals surface area (Å²) in [6, 6.07) is 11.7. The van der Waals surface area contributed by atoms with Crippen LogP contribution in [0.15, 0.2) is 36.4 Å². The van der Waals surface area contributed by atoms with Gasteiger partial charge < -0.3 is 5.32 Å². The maximum atomic E-state index is 12.7. The third-order valence-electron chi connectivity index (χ3n) is 4.96. The Hall–Kier alpha value is -1.55. The number of benzene rings is 2. The van der Waals surface area contributed by atoms with E-state index in [0.29, 0.717) is 16.6 Å². The number of likely N-dealkylation sites (tertiary alicyclic amines) is 1. The molecule has 0 saturated carbocycles. The minimum Gasteiger partial charge on any atom is -0.326 e.